The van der Waals surface area contributed by atoms with Gasteiger partial charge in [0.1, 0.15) is 10.8 Å². The van der Waals surface area contributed by atoms with Crippen LogP contribution in [0, 0.1) is 0 Å². The lowest BCUT2D eigenvalue weighted by molar-refractivity contribution is 0.193. The number of hydrogen-bond donors (Lipinski definition) is 1. The normalized spacial score (nSPS) is 16.0. The number of ether oxygens (including phenoxy) is 1. The van der Waals surface area contributed by atoms with Gasteiger partial charge >= 0.3 is 0 Å². The third kappa shape index (κ3) is 3.90. The van der Waals surface area contributed by atoms with Crippen molar-refractivity contribution in [1.29, 1.82) is 0 Å². The van der Waals surface area contributed by atoms with E-state index in [0.29, 0.717) is 0 Å². The van der Waals surface area contributed by atoms with Crippen LogP contribution in [0.5, 0.6) is 5.75 Å². The van der Waals surface area contributed by atoms with Crippen molar-refractivity contribution in [2.24, 2.45) is 0 Å². The predicted molar refractivity (Wildman–Crippen MR) is 106 cm³/mol. The Morgan fingerprint density at radius 1 is 1.30 bits per heavy atom. The first-order valence-electron chi connectivity index (χ1n) is 9.19. The Balaban J connectivity index is 1.50. The van der Waals surface area contributed by atoms with Crippen LogP contribution in [0.1, 0.15) is 35.7 Å². The second-order valence-corrected chi connectivity index (χ2v) is 7.97. The SMILES string of the molecule is COc1ccccc1-c1ncc(CN2CCCn3nc([C@H](C)O)cc3C2)s1. The number of aryl methyl sites for hydroxylation is 1. The summed E-state index contributed by atoms with van der Waals surface area (Å²) in [6, 6.07) is 10.0. The molecule has 0 radical (unpaired) electrons. The van der Waals surface area contributed by atoms with E-state index in [0.717, 1.165) is 60.3 Å². The number of para-hydroxylation sites is 1. The van der Waals surface area contributed by atoms with E-state index in [1.54, 1.807) is 25.4 Å². The maximum absolute atomic E-state index is 9.79. The third-order valence-electron chi connectivity index (χ3n) is 4.81. The highest BCUT2D eigenvalue weighted by atomic mass is 32.1. The topological polar surface area (TPSA) is 63.4 Å². The Hall–Kier alpha value is -2.22. The molecular weight excluding hydrogens is 360 g/mol. The van der Waals surface area contributed by atoms with E-state index < -0.39 is 6.10 Å². The fourth-order valence-corrected chi connectivity index (χ4v) is 4.42. The van der Waals surface area contributed by atoms with Gasteiger partial charge in [0, 0.05) is 37.3 Å². The zero-order chi connectivity index (χ0) is 18.8. The summed E-state index contributed by atoms with van der Waals surface area (Å²) in [6.07, 6.45) is 2.49. The Kier molecular flexibility index (Phi) is 5.24. The number of methoxy groups -OCH3 is 1. The van der Waals surface area contributed by atoms with E-state index in [1.807, 2.05) is 41.2 Å². The molecule has 0 saturated heterocycles. The summed E-state index contributed by atoms with van der Waals surface area (Å²) in [5.41, 5.74) is 2.95. The van der Waals surface area contributed by atoms with Crippen molar-refractivity contribution in [3.63, 3.8) is 0 Å². The number of aliphatic hydroxyl groups excluding tert-OH is 1. The molecule has 0 amide bonds. The summed E-state index contributed by atoms with van der Waals surface area (Å²) in [5, 5.41) is 15.3. The zero-order valence-corrected chi connectivity index (χ0v) is 16.4. The van der Waals surface area contributed by atoms with Crippen molar-refractivity contribution in [2.45, 2.75) is 39.1 Å². The van der Waals surface area contributed by atoms with Gasteiger partial charge in [-0.25, -0.2) is 4.98 Å². The van der Waals surface area contributed by atoms with Gasteiger partial charge < -0.3 is 9.84 Å². The third-order valence-corrected chi connectivity index (χ3v) is 5.83. The van der Waals surface area contributed by atoms with Crippen LogP contribution >= 0.6 is 11.3 Å². The molecule has 0 unspecified atom stereocenters. The Morgan fingerprint density at radius 2 is 2.15 bits per heavy atom. The Morgan fingerprint density at radius 3 is 2.96 bits per heavy atom. The highest BCUT2D eigenvalue weighted by Gasteiger charge is 2.19. The first-order chi connectivity index (χ1) is 13.1. The van der Waals surface area contributed by atoms with Crippen molar-refractivity contribution in [3.8, 4) is 16.3 Å². The molecule has 1 N–H and O–H groups in total. The molecule has 0 saturated carbocycles. The highest BCUT2D eigenvalue weighted by Crippen LogP contribution is 2.33. The van der Waals surface area contributed by atoms with Crippen LogP contribution < -0.4 is 4.74 Å². The van der Waals surface area contributed by atoms with Crippen LogP contribution in [0.2, 0.25) is 0 Å². The summed E-state index contributed by atoms with van der Waals surface area (Å²) in [5.74, 6) is 0.850. The molecule has 3 aromatic rings. The van der Waals surface area contributed by atoms with Gasteiger partial charge in [0.2, 0.25) is 0 Å². The van der Waals surface area contributed by atoms with Crippen LogP contribution in [0.3, 0.4) is 0 Å². The molecule has 6 nitrogen and oxygen atoms in total. The summed E-state index contributed by atoms with van der Waals surface area (Å²) in [6.45, 7) is 5.38. The van der Waals surface area contributed by atoms with Crippen molar-refractivity contribution in [1.82, 2.24) is 19.7 Å². The molecule has 0 fully saturated rings. The van der Waals surface area contributed by atoms with Crippen LogP contribution in [0.15, 0.2) is 36.5 Å². The van der Waals surface area contributed by atoms with Crippen LogP contribution in [0.25, 0.3) is 10.6 Å². The second-order valence-electron chi connectivity index (χ2n) is 6.86. The van der Waals surface area contributed by atoms with Gasteiger partial charge in [-0.15, -0.1) is 11.3 Å². The molecule has 1 aliphatic heterocycles. The summed E-state index contributed by atoms with van der Waals surface area (Å²) >= 11 is 1.71. The van der Waals surface area contributed by atoms with Gasteiger partial charge in [-0.1, -0.05) is 12.1 Å². The fourth-order valence-electron chi connectivity index (χ4n) is 3.44. The van der Waals surface area contributed by atoms with E-state index in [2.05, 4.69) is 15.0 Å². The number of fused-ring (bicyclic) bond motifs is 1. The summed E-state index contributed by atoms with van der Waals surface area (Å²) in [4.78, 5) is 8.28. The smallest absolute Gasteiger partial charge is 0.129 e. The molecule has 7 heteroatoms. The fraction of sp³-hybridized carbons (Fsp3) is 0.400. The first kappa shape index (κ1) is 18.2. The van der Waals surface area contributed by atoms with E-state index in [4.69, 9.17) is 4.74 Å². The molecule has 0 spiro atoms. The monoisotopic (exact) mass is 384 g/mol. The van der Waals surface area contributed by atoms with Crippen molar-refractivity contribution < 1.29 is 9.84 Å². The first-order valence-corrected chi connectivity index (χ1v) is 10.0. The minimum atomic E-state index is -0.525. The molecule has 2 aromatic heterocycles. The molecule has 3 heterocycles. The van der Waals surface area contributed by atoms with Gasteiger partial charge in [0.05, 0.1) is 30.2 Å². The quantitative estimate of drug-likeness (QED) is 0.730. The van der Waals surface area contributed by atoms with Gasteiger partial charge in [0.25, 0.3) is 0 Å². The molecule has 1 aliphatic rings. The Bertz CT molecular complexity index is 918. The number of nitrogens with zero attached hydrogens (tertiary/aromatic N) is 4. The maximum atomic E-state index is 9.79. The number of rotatable bonds is 5. The summed E-state index contributed by atoms with van der Waals surface area (Å²) < 4.78 is 7.50. The van der Waals surface area contributed by atoms with Crippen LogP contribution in [-0.2, 0) is 19.6 Å². The molecule has 0 bridgehead atoms. The minimum Gasteiger partial charge on any atom is -0.496 e. The number of benzene rings is 1. The number of aliphatic hydroxyl groups is 1. The van der Waals surface area contributed by atoms with Gasteiger partial charge in [-0.05, 0) is 31.5 Å². The van der Waals surface area contributed by atoms with E-state index >= 15 is 0 Å². The summed E-state index contributed by atoms with van der Waals surface area (Å²) in [7, 11) is 1.69. The molecule has 1 atom stereocenters. The van der Waals surface area contributed by atoms with Gasteiger partial charge in [-0.2, -0.15) is 5.10 Å². The zero-order valence-electron chi connectivity index (χ0n) is 15.6. The van der Waals surface area contributed by atoms with Gasteiger partial charge in [-0.3, -0.25) is 9.58 Å². The van der Waals surface area contributed by atoms with E-state index in [1.165, 1.54) is 4.88 Å². The highest BCUT2D eigenvalue weighted by molar-refractivity contribution is 7.15. The average Bonchev–Trinajstić information content (AvgIpc) is 3.25. The van der Waals surface area contributed by atoms with Crippen molar-refractivity contribution in [3.05, 3.63) is 52.8 Å². The second kappa shape index (κ2) is 7.80. The number of aromatic nitrogens is 3. The van der Waals surface area contributed by atoms with Crippen molar-refractivity contribution in [2.75, 3.05) is 13.7 Å². The number of thiazole rings is 1. The van der Waals surface area contributed by atoms with Gasteiger partial charge in [0.15, 0.2) is 0 Å². The molecular formula is C20H24N4O2S. The maximum Gasteiger partial charge on any atom is 0.129 e. The number of hydrogen-bond acceptors (Lipinski definition) is 6. The van der Waals surface area contributed by atoms with Crippen LogP contribution in [-0.4, -0.2) is 38.4 Å². The standard InChI is InChI=1S/C20H24N4O2S/c1-14(25)18-10-15-12-23(8-5-9-24(15)22-18)13-16-11-21-20(27-16)17-6-3-4-7-19(17)26-2/h3-4,6-7,10-11,14,25H,5,8-9,12-13H2,1-2H3/t14-/m0/s1. The lowest BCUT2D eigenvalue weighted by Crippen LogP contribution is -2.22. The average molecular weight is 385 g/mol. The van der Waals surface area contributed by atoms with E-state index in [-0.39, 0.29) is 0 Å². The van der Waals surface area contributed by atoms with Crippen LogP contribution in [0.4, 0.5) is 0 Å². The molecule has 0 aliphatic carbocycles. The van der Waals surface area contributed by atoms with Crippen molar-refractivity contribution >= 4 is 11.3 Å². The molecule has 4 rings (SSSR count). The lowest BCUT2D eigenvalue weighted by atomic mass is 10.2. The molecule has 142 valence electrons. The lowest BCUT2D eigenvalue weighted by Gasteiger charge is -2.18. The van der Waals surface area contributed by atoms with E-state index in [9.17, 15) is 5.11 Å². The molecule has 1 aromatic carbocycles. The predicted octanol–water partition coefficient (Wildman–Crippen LogP) is 3.47. The largest absolute Gasteiger partial charge is 0.496 e. The Labute approximate surface area is 163 Å². The minimum absolute atomic E-state index is 0.525. The molecule has 27 heavy (non-hydrogen) atoms.